The van der Waals surface area contributed by atoms with E-state index in [1.54, 1.807) is 26.0 Å². The van der Waals surface area contributed by atoms with Crippen molar-refractivity contribution in [1.82, 2.24) is 5.16 Å². The number of hydrogen-bond acceptors (Lipinski definition) is 6. The second-order valence-corrected chi connectivity index (χ2v) is 5.30. The minimum Gasteiger partial charge on any atom is -0.504 e. The molecule has 0 radical (unpaired) electrons. The average Bonchev–Trinajstić information content (AvgIpc) is 3.17. The molecule has 0 aliphatic rings. The minimum absolute atomic E-state index is 0.0225. The maximum absolute atomic E-state index is 11.0. The summed E-state index contributed by atoms with van der Waals surface area (Å²) in [5.41, 5.74) is 1.52. The van der Waals surface area contributed by atoms with Crippen LogP contribution in [0, 0.1) is 13.8 Å². The Bertz CT molecular complexity index is 1020. The minimum atomic E-state index is -1.21. The molecular formula is C16H11NO6. The Labute approximate surface area is 128 Å². The zero-order chi connectivity index (χ0) is 16.3. The molecule has 1 aromatic carbocycles. The lowest BCUT2D eigenvalue weighted by atomic mass is 10.0. The number of benzene rings is 1. The quantitative estimate of drug-likeness (QED) is 0.578. The highest BCUT2D eigenvalue weighted by Gasteiger charge is 2.24. The van der Waals surface area contributed by atoms with Gasteiger partial charge in [-0.15, -0.1) is 0 Å². The molecule has 23 heavy (non-hydrogen) atoms. The third-order valence-electron chi connectivity index (χ3n) is 3.65. The van der Waals surface area contributed by atoms with Crippen LogP contribution in [-0.4, -0.2) is 21.3 Å². The molecule has 0 saturated heterocycles. The fraction of sp³-hybridized carbons (Fsp3) is 0.125. The normalized spacial score (nSPS) is 11.6. The Kier molecular flexibility index (Phi) is 2.57. The summed E-state index contributed by atoms with van der Waals surface area (Å²) in [6, 6.07) is 4.73. The Balaban J connectivity index is 2.16. The van der Waals surface area contributed by atoms with Crippen LogP contribution < -0.4 is 0 Å². The summed E-state index contributed by atoms with van der Waals surface area (Å²) in [4.78, 5) is 11.0. The lowest BCUT2D eigenvalue weighted by molar-refractivity contribution is 0.0652. The first-order chi connectivity index (χ1) is 11.0. The highest BCUT2D eigenvalue weighted by Crippen LogP contribution is 2.44. The van der Waals surface area contributed by atoms with Gasteiger partial charge in [0.05, 0.1) is 10.9 Å². The number of aromatic nitrogens is 1. The van der Waals surface area contributed by atoms with E-state index in [2.05, 4.69) is 5.16 Å². The first-order valence-electron chi connectivity index (χ1n) is 6.81. The Morgan fingerprint density at radius 1 is 1.04 bits per heavy atom. The van der Waals surface area contributed by atoms with Crippen LogP contribution in [0.2, 0.25) is 0 Å². The van der Waals surface area contributed by atoms with E-state index in [0.29, 0.717) is 44.7 Å². The maximum atomic E-state index is 11.0. The van der Waals surface area contributed by atoms with Crippen LogP contribution in [0.5, 0.6) is 5.75 Å². The van der Waals surface area contributed by atoms with Crippen LogP contribution >= 0.6 is 0 Å². The number of aryl methyl sites for hydroxylation is 2. The van der Waals surface area contributed by atoms with Gasteiger partial charge in [-0.05, 0) is 26.0 Å². The number of phenolic OH excluding ortho intramolecular Hbond substituents is 1. The number of nitrogens with zero attached hydrogens (tertiary/aromatic N) is 1. The highest BCUT2D eigenvalue weighted by atomic mass is 16.5. The summed E-state index contributed by atoms with van der Waals surface area (Å²) in [6.45, 7) is 3.50. The average molecular weight is 313 g/mol. The third kappa shape index (κ3) is 1.83. The van der Waals surface area contributed by atoms with Gasteiger partial charge in [0.15, 0.2) is 11.3 Å². The number of aromatic hydroxyl groups is 1. The number of carbonyl (C=O) groups is 1. The summed E-state index contributed by atoms with van der Waals surface area (Å²) in [5.74, 6) is -0.316. The molecule has 0 unspecified atom stereocenters. The molecule has 0 spiro atoms. The number of hydrogen-bond donors (Lipinski definition) is 2. The van der Waals surface area contributed by atoms with E-state index in [1.807, 2.05) is 0 Å². The van der Waals surface area contributed by atoms with E-state index in [0.717, 1.165) is 0 Å². The number of rotatable bonds is 2. The van der Waals surface area contributed by atoms with E-state index < -0.39 is 5.97 Å². The number of carboxylic acids is 1. The molecule has 3 aromatic heterocycles. The van der Waals surface area contributed by atoms with Crippen LogP contribution in [0.1, 0.15) is 22.1 Å². The molecule has 0 fully saturated rings. The van der Waals surface area contributed by atoms with Gasteiger partial charge >= 0.3 is 5.97 Å². The summed E-state index contributed by atoms with van der Waals surface area (Å²) < 4.78 is 16.1. The number of fused-ring (bicyclic) bond motifs is 2. The van der Waals surface area contributed by atoms with Gasteiger partial charge < -0.3 is 23.6 Å². The molecule has 0 aliphatic carbocycles. The van der Waals surface area contributed by atoms with Gasteiger partial charge in [-0.1, -0.05) is 5.16 Å². The van der Waals surface area contributed by atoms with Crippen LogP contribution in [-0.2, 0) is 0 Å². The number of phenols is 1. The van der Waals surface area contributed by atoms with Gasteiger partial charge in [0.2, 0.25) is 5.76 Å². The number of furan rings is 2. The van der Waals surface area contributed by atoms with Crippen molar-refractivity contribution < 1.29 is 28.4 Å². The maximum Gasteiger partial charge on any atom is 0.374 e. The molecule has 4 rings (SSSR count). The number of carboxylic acid groups (broad SMARTS) is 1. The van der Waals surface area contributed by atoms with Crippen molar-refractivity contribution >= 4 is 27.9 Å². The second-order valence-electron chi connectivity index (χ2n) is 5.30. The lowest BCUT2D eigenvalue weighted by Gasteiger charge is -2.02. The summed E-state index contributed by atoms with van der Waals surface area (Å²) in [5, 5.41) is 24.3. The largest absolute Gasteiger partial charge is 0.504 e. The van der Waals surface area contributed by atoms with Gasteiger partial charge in [-0.3, -0.25) is 0 Å². The molecule has 7 nitrogen and oxygen atoms in total. The topological polar surface area (TPSA) is 110 Å². The molecule has 3 heterocycles. The monoisotopic (exact) mass is 313 g/mol. The van der Waals surface area contributed by atoms with Crippen molar-refractivity contribution in [2.45, 2.75) is 13.8 Å². The van der Waals surface area contributed by atoms with Crippen molar-refractivity contribution in [3.63, 3.8) is 0 Å². The van der Waals surface area contributed by atoms with Crippen LogP contribution in [0.25, 0.3) is 33.2 Å². The molecule has 0 saturated carbocycles. The molecule has 0 atom stereocenters. The molecule has 4 aromatic rings. The molecule has 0 bridgehead atoms. The Morgan fingerprint density at radius 2 is 1.70 bits per heavy atom. The van der Waals surface area contributed by atoms with Gasteiger partial charge in [0.1, 0.15) is 22.8 Å². The fourth-order valence-corrected chi connectivity index (χ4v) is 2.74. The summed E-state index contributed by atoms with van der Waals surface area (Å²) >= 11 is 0. The first kappa shape index (κ1) is 13.4. The van der Waals surface area contributed by atoms with E-state index in [1.165, 1.54) is 6.07 Å². The van der Waals surface area contributed by atoms with E-state index >= 15 is 0 Å². The fourth-order valence-electron chi connectivity index (χ4n) is 2.74. The predicted octanol–water partition coefficient (Wildman–Crippen LogP) is 3.85. The standard InChI is InChI=1S/C16H11NO6/c1-6-3-8-12(10-5-11(16(19)20)23-17-10)14-9(4-7(2)21-14)13(18)15(8)22-6/h3-5,18H,1-2H3,(H,19,20). The summed E-state index contributed by atoms with van der Waals surface area (Å²) in [6.07, 6.45) is 0. The van der Waals surface area contributed by atoms with Crippen molar-refractivity contribution in [2.75, 3.05) is 0 Å². The molecule has 7 heteroatoms. The zero-order valence-corrected chi connectivity index (χ0v) is 12.2. The second kappa shape index (κ2) is 4.39. The van der Waals surface area contributed by atoms with Crippen molar-refractivity contribution in [3.05, 3.63) is 35.5 Å². The third-order valence-corrected chi connectivity index (χ3v) is 3.65. The van der Waals surface area contributed by atoms with Gasteiger partial charge in [0.25, 0.3) is 0 Å². The summed E-state index contributed by atoms with van der Waals surface area (Å²) in [7, 11) is 0. The van der Waals surface area contributed by atoms with Crippen LogP contribution in [0.4, 0.5) is 0 Å². The van der Waals surface area contributed by atoms with Crippen LogP contribution in [0.3, 0.4) is 0 Å². The van der Waals surface area contributed by atoms with E-state index in [-0.39, 0.29) is 11.5 Å². The van der Waals surface area contributed by atoms with E-state index in [4.69, 9.17) is 18.5 Å². The molecule has 0 aliphatic heterocycles. The van der Waals surface area contributed by atoms with Crippen molar-refractivity contribution in [2.24, 2.45) is 0 Å². The lowest BCUT2D eigenvalue weighted by Crippen LogP contribution is -1.91. The smallest absolute Gasteiger partial charge is 0.374 e. The predicted molar refractivity (Wildman–Crippen MR) is 79.6 cm³/mol. The molecule has 2 N–H and O–H groups in total. The zero-order valence-electron chi connectivity index (χ0n) is 12.2. The van der Waals surface area contributed by atoms with E-state index in [9.17, 15) is 9.90 Å². The van der Waals surface area contributed by atoms with Gasteiger partial charge in [-0.2, -0.15) is 0 Å². The number of aromatic carboxylic acids is 1. The first-order valence-corrected chi connectivity index (χ1v) is 6.81. The van der Waals surface area contributed by atoms with Crippen molar-refractivity contribution in [3.8, 4) is 17.0 Å². The van der Waals surface area contributed by atoms with Crippen LogP contribution in [0.15, 0.2) is 31.6 Å². The van der Waals surface area contributed by atoms with Gasteiger partial charge in [0, 0.05) is 11.5 Å². The highest BCUT2D eigenvalue weighted by molar-refractivity contribution is 6.13. The van der Waals surface area contributed by atoms with Crippen molar-refractivity contribution in [1.29, 1.82) is 0 Å². The molecule has 116 valence electrons. The molecule has 0 amide bonds. The van der Waals surface area contributed by atoms with Gasteiger partial charge in [-0.25, -0.2) is 4.79 Å². The molecular weight excluding hydrogens is 302 g/mol. The Hall–Kier alpha value is -3.22. The SMILES string of the molecule is Cc1cc2c(-c3cc(C(=O)O)on3)c3oc(C)cc3c(O)c2o1. The Morgan fingerprint density at radius 3 is 2.35 bits per heavy atom.